The smallest absolute Gasteiger partial charge is 0.247 e. The summed E-state index contributed by atoms with van der Waals surface area (Å²) < 4.78 is 18.6. The molecule has 212 valence electrons. The van der Waals surface area contributed by atoms with E-state index in [9.17, 15) is 4.79 Å². The third-order valence-electron chi connectivity index (χ3n) is 6.42. The summed E-state index contributed by atoms with van der Waals surface area (Å²) in [5.74, 6) is 1.81. The fourth-order valence-corrected chi connectivity index (χ4v) is 5.64. The van der Waals surface area contributed by atoms with Gasteiger partial charge in [0.2, 0.25) is 23.2 Å². The molecule has 8 nitrogen and oxygen atoms in total. The molecule has 1 amide bonds. The lowest BCUT2D eigenvalue weighted by Crippen LogP contribution is -2.36. The van der Waals surface area contributed by atoms with Crippen molar-refractivity contribution in [3.63, 3.8) is 0 Å². The van der Waals surface area contributed by atoms with Crippen molar-refractivity contribution in [3.05, 3.63) is 82.9 Å². The predicted octanol–water partition coefficient (Wildman–Crippen LogP) is 7.51. The van der Waals surface area contributed by atoms with Crippen LogP contribution in [0.25, 0.3) is 11.3 Å². The number of rotatable bonds is 10. The molecule has 41 heavy (non-hydrogen) atoms. The van der Waals surface area contributed by atoms with Crippen molar-refractivity contribution in [2.75, 3.05) is 17.3 Å². The average Bonchev–Trinajstić information content (AvgIpc) is 3.12. The number of fused-ring (bicyclic) bond motifs is 3. The third kappa shape index (κ3) is 6.41. The van der Waals surface area contributed by atoms with Crippen LogP contribution in [0.3, 0.4) is 0 Å². The number of anilines is 1. The molecule has 1 aliphatic heterocycles. The topological polar surface area (TPSA) is 86.7 Å². The Morgan fingerprint density at radius 1 is 1.05 bits per heavy atom. The Labute approximate surface area is 249 Å². The minimum absolute atomic E-state index is 0.223. The van der Waals surface area contributed by atoms with E-state index in [2.05, 4.69) is 17.1 Å². The first-order chi connectivity index (χ1) is 20.0. The van der Waals surface area contributed by atoms with Crippen LogP contribution in [-0.4, -0.2) is 33.4 Å². The van der Waals surface area contributed by atoms with Crippen LogP contribution in [0.4, 0.5) is 5.69 Å². The number of ether oxygens (including phenoxy) is 3. The first-order valence-electron chi connectivity index (χ1n) is 13.6. The molecule has 0 radical (unpaired) electrons. The maximum atomic E-state index is 13.2. The van der Waals surface area contributed by atoms with Crippen LogP contribution < -0.4 is 19.1 Å². The van der Waals surface area contributed by atoms with Crippen LogP contribution in [0.1, 0.15) is 51.0 Å². The molecule has 1 unspecified atom stereocenters. The molecule has 0 aliphatic carbocycles. The summed E-state index contributed by atoms with van der Waals surface area (Å²) in [7, 11) is 0. The van der Waals surface area contributed by atoms with Gasteiger partial charge in [-0.2, -0.15) is 4.98 Å². The van der Waals surface area contributed by atoms with E-state index in [1.54, 1.807) is 17.0 Å². The largest absolute Gasteiger partial charge is 0.490 e. The molecule has 1 aromatic heterocycles. The number of carbonyl (C=O) groups is 1. The number of unbranched alkanes of at least 4 members (excludes halogenated alkanes) is 1. The van der Waals surface area contributed by atoms with Gasteiger partial charge in [0, 0.05) is 23.8 Å². The van der Waals surface area contributed by atoms with Crippen LogP contribution in [0, 0.1) is 0 Å². The number of hydrogen-bond donors (Lipinski definition) is 0. The summed E-state index contributed by atoms with van der Waals surface area (Å²) in [4.78, 5) is 19.5. The van der Waals surface area contributed by atoms with Gasteiger partial charge in [-0.25, -0.2) is 0 Å². The van der Waals surface area contributed by atoms with Crippen LogP contribution in [-0.2, 0) is 11.4 Å². The lowest BCUT2D eigenvalue weighted by atomic mass is 10.1. The van der Waals surface area contributed by atoms with Crippen LogP contribution in [0.15, 0.2) is 71.9 Å². The van der Waals surface area contributed by atoms with Gasteiger partial charge < -0.3 is 14.2 Å². The van der Waals surface area contributed by atoms with Gasteiger partial charge in [0.05, 0.1) is 17.3 Å². The van der Waals surface area contributed by atoms with E-state index in [-0.39, 0.29) is 5.91 Å². The van der Waals surface area contributed by atoms with Crippen molar-refractivity contribution in [2.45, 2.75) is 51.6 Å². The monoisotopic (exact) mass is 590 g/mol. The van der Waals surface area contributed by atoms with Crippen molar-refractivity contribution in [2.24, 2.45) is 0 Å². The number of thioether (sulfide) groups is 1. The molecule has 0 saturated heterocycles. The van der Waals surface area contributed by atoms with E-state index >= 15 is 0 Å². The number of carbonyl (C=O) groups excluding carboxylic acids is 1. The van der Waals surface area contributed by atoms with E-state index in [1.165, 1.54) is 18.7 Å². The summed E-state index contributed by atoms with van der Waals surface area (Å²) in [5.41, 5.74) is 3.39. The van der Waals surface area contributed by atoms with Crippen molar-refractivity contribution >= 4 is 35.0 Å². The number of halogens is 1. The van der Waals surface area contributed by atoms with E-state index in [0.29, 0.717) is 63.3 Å². The standard InChI is InChI=1S/C31H31ClN4O4S/c1-4-6-16-41-31-33-29-27(34-35-31)23-14-10-11-15-25(23)36(20(3)37)30(40-29)22-17-24(32)28(26(18-22)38-5-2)39-19-21-12-8-7-9-13-21/h7-15,17-18,30H,4-6,16,19H2,1-3H3. The minimum atomic E-state index is -0.903. The summed E-state index contributed by atoms with van der Waals surface area (Å²) in [6.07, 6.45) is 1.20. The molecule has 0 spiro atoms. The molecule has 1 aliphatic rings. The van der Waals surface area contributed by atoms with Gasteiger partial charge in [-0.3, -0.25) is 9.69 Å². The summed E-state index contributed by atoms with van der Waals surface area (Å²) in [5, 5.41) is 9.68. The Morgan fingerprint density at radius 2 is 1.83 bits per heavy atom. The Bertz CT molecular complexity index is 1520. The Balaban J connectivity index is 1.58. The molecule has 3 aromatic carbocycles. The molecule has 0 bridgehead atoms. The second-order valence-corrected chi connectivity index (χ2v) is 10.8. The maximum absolute atomic E-state index is 13.2. The third-order valence-corrected chi connectivity index (χ3v) is 7.63. The first-order valence-corrected chi connectivity index (χ1v) is 14.9. The zero-order valence-corrected chi connectivity index (χ0v) is 24.7. The van der Waals surface area contributed by atoms with Gasteiger partial charge in [-0.05, 0) is 37.1 Å². The number of nitrogens with zero attached hydrogens (tertiary/aromatic N) is 4. The molecule has 10 heteroatoms. The van der Waals surface area contributed by atoms with Crippen molar-refractivity contribution in [1.82, 2.24) is 15.2 Å². The second-order valence-electron chi connectivity index (χ2n) is 9.36. The highest BCUT2D eigenvalue weighted by molar-refractivity contribution is 7.99. The number of para-hydroxylation sites is 1. The fourth-order valence-electron chi connectivity index (χ4n) is 4.50. The number of hydrogen-bond acceptors (Lipinski definition) is 8. The lowest BCUT2D eigenvalue weighted by molar-refractivity contribution is -0.118. The molecule has 4 aromatic rings. The highest BCUT2D eigenvalue weighted by atomic mass is 35.5. The zero-order valence-electron chi connectivity index (χ0n) is 23.2. The number of aromatic nitrogens is 3. The van der Waals surface area contributed by atoms with Crippen LogP contribution in [0.2, 0.25) is 5.02 Å². The van der Waals surface area contributed by atoms with E-state index in [4.69, 9.17) is 30.8 Å². The molecular formula is C31H31ClN4O4S. The maximum Gasteiger partial charge on any atom is 0.247 e. The Morgan fingerprint density at radius 3 is 2.59 bits per heavy atom. The van der Waals surface area contributed by atoms with Gasteiger partial charge in [0.15, 0.2) is 17.2 Å². The molecule has 5 rings (SSSR count). The van der Waals surface area contributed by atoms with Gasteiger partial charge in [0.25, 0.3) is 0 Å². The fraction of sp³-hybridized carbons (Fsp3) is 0.290. The van der Waals surface area contributed by atoms with Gasteiger partial charge in [-0.15, -0.1) is 10.2 Å². The molecule has 2 heterocycles. The van der Waals surface area contributed by atoms with Crippen LogP contribution in [0.5, 0.6) is 17.4 Å². The molecule has 0 saturated carbocycles. The normalized spacial score (nSPS) is 14.0. The van der Waals surface area contributed by atoms with E-state index < -0.39 is 6.23 Å². The summed E-state index contributed by atoms with van der Waals surface area (Å²) >= 11 is 8.34. The molecule has 1 atom stereocenters. The summed E-state index contributed by atoms with van der Waals surface area (Å²) in [6.45, 7) is 6.23. The average molecular weight is 591 g/mol. The molecular weight excluding hydrogens is 560 g/mol. The Kier molecular flexibility index (Phi) is 9.26. The molecule has 0 N–H and O–H groups in total. The minimum Gasteiger partial charge on any atom is -0.490 e. The second kappa shape index (κ2) is 13.2. The van der Waals surface area contributed by atoms with Crippen LogP contribution >= 0.6 is 23.4 Å². The van der Waals surface area contributed by atoms with E-state index in [1.807, 2.05) is 61.5 Å². The zero-order chi connectivity index (χ0) is 28.8. The quantitative estimate of drug-likeness (QED) is 0.139. The van der Waals surface area contributed by atoms with Crippen molar-refractivity contribution < 1.29 is 19.0 Å². The van der Waals surface area contributed by atoms with Gasteiger partial charge >= 0.3 is 0 Å². The first kappa shape index (κ1) is 28.7. The highest BCUT2D eigenvalue weighted by Gasteiger charge is 2.35. The van der Waals surface area contributed by atoms with Crippen molar-refractivity contribution in [1.29, 1.82) is 0 Å². The molecule has 0 fully saturated rings. The number of benzene rings is 3. The Hall–Kier alpha value is -3.82. The predicted molar refractivity (Wildman–Crippen MR) is 161 cm³/mol. The lowest BCUT2D eigenvalue weighted by Gasteiger charge is -2.30. The van der Waals surface area contributed by atoms with Gasteiger partial charge in [0.1, 0.15) is 6.61 Å². The number of amides is 1. The van der Waals surface area contributed by atoms with E-state index in [0.717, 1.165) is 24.2 Å². The van der Waals surface area contributed by atoms with Gasteiger partial charge in [-0.1, -0.05) is 85.2 Å². The van der Waals surface area contributed by atoms with Crippen molar-refractivity contribution in [3.8, 4) is 28.6 Å². The SMILES string of the molecule is CCCCSc1nnc2c(n1)OC(c1cc(Cl)c(OCc3ccccc3)c(OCC)c1)N(C(C)=O)c1ccccc1-2. The highest BCUT2D eigenvalue weighted by Crippen LogP contribution is 2.46. The summed E-state index contributed by atoms with van der Waals surface area (Å²) in [6, 6.07) is 20.8.